The first-order valence-corrected chi connectivity index (χ1v) is 15.0. The number of fused-ring (bicyclic) bond motifs is 1. The first kappa shape index (κ1) is 29.5. The van der Waals surface area contributed by atoms with Gasteiger partial charge >= 0.3 is 5.97 Å². The Labute approximate surface area is 236 Å². The minimum Gasteiger partial charge on any atom is -0.464 e. The average Bonchev–Trinajstić information content (AvgIpc) is 3.13. The molecule has 0 aliphatic carbocycles. The van der Waals surface area contributed by atoms with Crippen molar-refractivity contribution in [3.8, 4) is 6.07 Å². The number of carbonyl (C=O) groups excluding carboxylic acids is 2. The Bertz CT molecular complexity index is 1450. The fourth-order valence-corrected chi connectivity index (χ4v) is 6.43. The fraction of sp³-hybridized carbons (Fsp3) is 0.433. The number of hydrogen-bond donors (Lipinski definition) is 1. The second-order valence-corrected chi connectivity index (χ2v) is 12.2. The number of hydrogen-bond acceptors (Lipinski definition) is 7. The lowest BCUT2D eigenvalue weighted by atomic mass is 9.98. The summed E-state index contributed by atoms with van der Waals surface area (Å²) in [5, 5.41) is 9.35. The van der Waals surface area contributed by atoms with E-state index in [9.17, 15) is 23.3 Å². The van der Waals surface area contributed by atoms with Gasteiger partial charge in [0.1, 0.15) is 12.1 Å². The number of ether oxygens (including phenoxy) is 1. The number of nitrogens with one attached hydrogen (secondary N) is 1. The summed E-state index contributed by atoms with van der Waals surface area (Å²) < 4.78 is 35.3. The van der Waals surface area contributed by atoms with Gasteiger partial charge in [-0.3, -0.25) is 4.79 Å². The molecule has 1 amide bonds. The van der Waals surface area contributed by atoms with Crippen LogP contribution < -0.4 is 4.72 Å². The number of amides is 1. The zero-order chi connectivity index (χ0) is 28.9. The predicted octanol–water partition coefficient (Wildman–Crippen LogP) is 2.59. The standard InChI is InChI=1S/C30H36N4O5S/c1-4-39-30(36)28-16-21(2)10-15-34(28)29(35)27(18-22-6-5-7-23(17-22)20-31)32-40(37,38)26-9-8-24-11-13-33(3)14-12-25(24)19-26/h5-10,17,19,27-28,32H,4,11-16,18H2,1-3H3/t27-,28+/m0/s1. The van der Waals surface area contributed by atoms with Crippen LogP contribution in [0.3, 0.4) is 0 Å². The van der Waals surface area contributed by atoms with Gasteiger partial charge in [-0.05, 0) is 87.5 Å². The highest BCUT2D eigenvalue weighted by Crippen LogP contribution is 2.24. The molecule has 2 aliphatic heterocycles. The van der Waals surface area contributed by atoms with Crippen LogP contribution in [-0.4, -0.2) is 75.5 Å². The van der Waals surface area contributed by atoms with Gasteiger partial charge in [-0.1, -0.05) is 29.8 Å². The van der Waals surface area contributed by atoms with E-state index < -0.39 is 34.0 Å². The van der Waals surface area contributed by atoms with Crippen LogP contribution >= 0.6 is 0 Å². The molecule has 0 radical (unpaired) electrons. The highest BCUT2D eigenvalue weighted by molar-refractivity contribution is 7.89. The minimum atomic E-state index is -4.10. The summed E-state index contributed by atoms with van der Waals surface area (Å²) in [6, 6.07) is 11.9. The minimum absolute atomic E-state index is 0.0120. The SMILES string of the molecule is CCOC(=O)[C@H]1CC(C)=CCN1C(=O)[C@H](Cc1cccc(C#N)c1)NS(=O)(=O)c1ccc2c(c1)CCN(C)CC2. The molecule has 40 heavy (non-hydrogen) atoms. The maximum Gasteiger partial charge on any atom is 0.329 e. The molecule has 10 heteroatoms. The second kappa shape index (κ2) is 12.8. The highest BCUT2D eigenvalue weighted by atomic mass is 32.2. The Balaban J connectivity index is 1.67. The van der Waals surface area contributed by atoms with E-state index >= 15 is 0 Å². The van der Waals surface area contributed by atoms with Crippen molar-refractivity contribution in [2.45, 2.75) is 56.5 Å². The van der Waals surface area contributed by atoms with Crippen molar-refractivity contribution < 1.29 is 22.7 Å². The van der Waals surface area contributed by atoms with Crippen molar-refractivity contribution >= 4 is 21.9 Å². The van der Waals surface area contributed by atoms with E-state index in [0.29, 0.717) is 17.5 Å². The summed E-state index contributed by atoms with van der Waals surface area (Å²) in [5.41, 5.74) is 4.09. The lowest BCUT2D eigenvalue weighted by Crippen LogP contribution is -2.56. The molecular weight excluding hydrogens is 528 g/mol. The van der Waals surface area contributed by atoms with Crippen molar-refractivity contribution in [3.05, 3.63) is 76.4 Å². The van der Waals surface area contributed by atoms with E-state index in [2.05, 4.69) is 15.7 Å². The first-order valence-electron chi connectivity index (χ1n) is 13.6. The number of esters is 1. The molecule has 0 aromatic heterocycles. The summed E-state index contributed by atoms with van der Waals surface area (Å²) in [6.07, 6.45) is 3.76. The van der Waals surface area contributed by atoms with Crippen LogP contribution in [-0.2, 0) is 43.6 Å². The van der Waals surface area contributed by atoms with E-state index in [-0.39, 0.29) is 24.5 Å². The molecular formula is C30H36N4O5S. The summed E-state index contributed by atoms with van der Waals surface area (Å²) >= 11 is 0. The topological polar surface area (TPSA) is 120 Å². The maximum absolute atomic E-state index is 14.0. The number of rotatable bonds is 8. The van der Waals surface area contributed by atoms with E-state index in [1.165, 1.54) is 4.90 Å². The molecule has 0 bridgehead atoms. The monoisotopic (exact) mass is 564 g/mol. The third-order valence-electron chi connectivity index (χ3n) is 7.47. The molecule has 2 heterocycles. The normalized spacial score (nSPS) is 18.6. The van der Waals surface area contributed by atoms with Gasteiger partial charge < -0.3 is 14.5 Å². The van der Waals surface area contributed by atoms with Crippen LogP contribution in [0.15, 0.2) is 59.0 Å². The van der Waals surface area contributed by atoms with E-state index in [4.69, 9.17) is 4.74 Å². The van der Waals surface area contributed by atoms with Gasteiger partial charge in [-0.25, -0.2) is 13.2 Å². The number of sulfonamides is 1. The average molecular weight is 565 g/mol. The molecule has 212 valence electrons. The van der Waals surface area contributed by atoms with Crippen LogP contribution in [0, 0.1) is 11.3 Å². The zero-order valence-corrected chi connectivity index (χ0v) is 24.0. The third kappa shape index (κ3) is 6.97. The van der Waals surface area contributed by atoms with Crippen molar-refractivity contribution in [3.63, 3.8) is 0 Å². The lowest BCUT2D eigenvalue weighted by molar-refractivity contribution is -0.155. The van der Waals surface area contributed by atoms with Crippen LogP contribution in [0.25, 0.3) is 0 Å². The molecule has 9 nitrogen and oxygen atoms in total. The Kier molecular flexibility index (Phi) is 9.40. The number of nitrogens with zero attached hydrogens (tertiary/aromatic N) is 3. The number of carbonyl (C=O) groups is 2. The molecule has 0 saturated heterocycles. The van der Waals surface area contributed by atoms with E-state index in [1.54, 1.807) is 43.3 Å². The quantitative estimate of drug-likeness (QED) is 0.387. The second-order valence-electron chi connectivity index (χ2n) is 10.4. The zero-order valence-electron chi connectivity index (χ0n) is 23.2. The predicted molar refractivity (Wildman–Crippen MR) is 151 cm³/mol. The smallest absolute Gasteiger partial charge is 0.329 e. The van der Waals surface area contributed by atoms with E-state index in [0.717, 1.165) is 42.6 Å². The highest BCUT2D eigenvalue weighted by Gasteiger charge is 2.38. The van der Waals surface area contributed by atoms with Gasteiger partial charge in [0.2, 0.25) is 15.9 Å². The lowest BCUT2D eigenvalue weighted by Gasteiger charge is -2.35. The summed E-state index contributed by atoms with van der Waals surface area (Å²) in [4.78, 5) is 30.5. The third-order valence-corrected chi connectivity index (χ3v) is 8.94. The van der Waals surface area contributed by atoms with Crippen LogP contribution in [0.4, 0.5) is 0 Å². The largest absolute Gasteiger partial charge is 0.464 e. The van der Waals surface area contributed by atoms with E-state index in [1.807, 2.05) is 26.1 Å². The number of benzene rings is 2. The molecule has 0 spiro atoms. The van der Waals surface area contributed by atoms with Crippen molar-refractivity contribution in [1.82, 2.24) is 14.5 Å². The molecule has 2 atom stereocenters. The fourth-order valence-electron chi connectivity index (χ4n) is 5.19. The molecule has 2 aromatic carbocycles. The van der Waals surface area contributed by atoms with Crippen molar-refractivity contribution in [1.29, 1.82) is 5.26 Å². The summed E-state index contributed by atoms with van der Waals surface area (Å²) in [6.45, 7) is 5.66. The molecule has 4 rings (SSSR count). The molecule has 2 aliphatic rings. The Morgan fingerprint density at radius 3 is 2.62 bits per heavy atom. The molecule has 2 aromatic rings. The van der Waals surface area contributed by atoms with Crippen LogP contribution in [0.5, 0.6) is 0 Å². The first-order chi connectivity index (χ1) is 19.1. The van der Waals surface area contributed by atoms with Crippen LogP contribution in [0.1, 0.15) is 42.5 Å². The number of nitriles is 1. The van der Waals surface area contributed by atoms with Gasteiger partial charge in [0.25, 0.3) is 0 Å². The molecule has 0 unspecified atom stereocenters. The van der Waals surface area contributed by atoms with Gasteiger partial charge in [0, 0.05) is 19.6 Å². The van der Waals surface area contributed by atoms with Crippen LogP contribution in [0.2, 0.25) is 0 Å². The molecule has 1 N–H and O–H groups in total. The van der Waals surface area contributed by atoms with Crippen molar-refractivity contribution in [2.24, 2.45) is 0 Å². The Morgan fingerprint density at radius 2 is 1.90 bits per heavy atom. The Morgan fingerprint density at radius 1 is 1.15 bits per heavy atom. The maximum atomic E-state index is 14.0. The summed E-state index contributed by atoms with van der Waals surface area (Å²) in [7, 11) is -2.06. The van der Waals surface area contributed by atoms with Gasteiger partial charge in [-0.2, -0.15) is 9.98 Å². The molecule has 0 saturated carbocycles. The van der Waals surface area contributed by atoms with Crippen molar-refractivity contribution in [2.75, 3.05) is 33.3 Å². The van der Waals surface area contributed by atoms with Gasteiger partial charge in [-0.15, -0.1) is 0 Å². The summed E-state index contributed by atoms with van der Waals surface area (Å²) in [5.74, 6) is -1.05. The van der Waals surface area contributed by atoms with Gasteiger partial charge in [0.15, 0.2) is 0 Å². The van der Waals surface area contributed by atoms with Gasteiger partial charge in [0.05, 0.1) is 23.1 Å². The Hall–Kier alpha value is -3.52. The molecule has 0 fully saturated rings. The number of likely N-dealkylation sites (N-methyl/N-ethyl adjacent to an activating group) is 1.